The quantitative estimate of drug-likeness (QED) is 0.172. The molecule has 0 unspecified atom stereocenters. The highest BCUT2D eigenvalue weighted by atomic mass is 15.1. The highest BCUT2D eigenvalue weighted by Gasteiger charge is 2.16. The first-order valence-electron chi connectivity index (χ1n) is 17.8. The molecule has 0 radical (unpaired) electrons. The lowest BCUT2D eigenvalue weighted by molar-refractivity contribution is 1.18. The van der Waals surface area contributed by atoms with E-state index in [1.807, 2.05) is 0 Å². The van der Waals surface area contributed by atoms with Crippen LogP contribution >= 0.6 is 0 Å². The Balaban J connectivity index is 1.03. The summed E-state index contributed by atoms with van der Waals surface area (Å²) >= 11 is 0. The lowest BCUT2D eigenvalue weighted by atomic mass is 10.0. The largest absolute Gasteiger partial charge is 0.310 e. The number of hydrogen-bond acceptors (Lipinski definition) is 1. The van der Waals surface area contributed by atoms with Crippen LogP contribution in [-0.4, -0.2) is 4.57 Å². The smallest absolute Gasteiger partial charge is 0.0547 e. The van der Waals surface area contributed by atoms with Crippen molar-refractivity contribution in [2.45, 2.75) is 0 Å². The summed E-state index contributed by atoms with van der Waals surface area (Å²) < 4.78 is 2.40. The van der Waals surface area contributed by atoms with Crippen molar-refractivity contribution in [3.63, 3.8) is 0 Å². The standard InChI is InChI=1S/C50H34N2/c1-2-11-35(12-3-1)41-16-10-17-44(33-41)51(45-31-25-36-13-4-5-15-40(36)34-45)42-27-21-37(22-28-42)38-23-29-43(30-24-38)52-48-20-9-8-19-47(48)50-46-18-7-6-14-39(46)26-32-49(50)52/h1-34H. The van der Waals surface area contributed by atoms with E-state index in [9.17, 15) is 0 Å². The summed E-state index contributed by atoms with van der Waals surface area (Å²) in [5, 5.41) is 7.59. The van der Waals surface area contributed by atoms with Crippen molar-refractivity contribution >= 4 is 60.4 Å². The van der Waals surface area contributed by atoms with Crippen molar-refractivity contribution in [3.05, 3.63) is 206 Å². The Labute approximate surface area is 303 Å². The lowest BCUT2D eigenvalue weighted by Crippen LogP contribution is -2.10. The van der Waals surface area contributed by atoms with Gasteiger partial charge in [0.05, 0.1) is 11.0 Å². The molecule has 0 N–H and O–H groups in total. The number of para-hydroxylation sites is 1. The molecule has 2 heteroatoms. The first kappa shape index (κ1) is 30.0. The van der Waals surface area contributed by atoms with Crippen LogP contribution in [-0.2, 0) is 0 Å². The summed E-state index contributed by atoms with van der Waals surface area (Å²) in [5.74, 6) is 0. The van der Waals surface area contributed by atoms with E-state index in [2.05, 4.69) is 216 Å². The fourth-order valence-corrected chi connectivity index (χ4v) is 7.84. The van der Waals surface area contributed by atoms with Gasteiger partial charge in [0, 0.05) is 33.5 Å². The summed E-state index contributed by atoms with van der Waals surface area (Å²) in [5.41, 5.74) is 11.7. The van der Waals surface area contributed by atoms with Gasteiger partial charge in [-0.1, -0.05) is 146 Å². The van der Waals surface area contributed by atoms with E-state index in [1.165, 1.54) is 65.6 Å². The minimum atomic E-state index is 1.11. The number of anilines is 3. The first-order valence-corrected chi connectivity index (χ1v) is 17.8. The fourth-order valence-electron chi connectivity index (χ4n) is 7.84. The SMILES string of the molecule is c1ccc(-c2cccc(N(c3ccc(-c4ccc(-n5c6ccccc6c6c7ccccc7ccc65)cc4)cc3)c3ccc4ccccc4c3)c2)cc1. The minimum Gasteiger partial charge on any atom is -0.310 e. The number of aromatic nitrogens is 1. The first-order chi connectivity index (χ1) is 25.8. The van der Waals surface area contributed by atoms with Crippen molar-refractivity contribution < 1.29 is 0 Å². The summed E-state index contributed by atoms with van der Waals surface area (Å²) in [7, 11) is 0. The van der Waals surface area contributed by atoms with Crippen LogP contribution in [0.5, 0.6) is 0 Å². The Morgan fingerprint density at radius 3 is 1.69 bits per heavy atom. The second-order valence-corrected chi connectivity index (χ2v) is 13.4. The molecule has 52 heavy (non-hydrogen) atoms. The number of benzene rings is 9. The van der Waals surface area contributed by atoms with Gasteiger partial charge in [-0.15, -0.1) is 0 Å². The fraction of sp³-hybridized carbons (Fsp3) is 0. The normalized spacial score (nSPS) is 11.5. The van der Waals surface area contributed by atoms with Crippen molar-refractivity contribution in [1.82, 2.24) is 4.57 Å². The van der Waals surface area contributed by atoms with Crippen LogP contribution in [0, 0.1) is 0 Å². The molecule has 0 amide bonds. The zero-order valence-electron chi connectivity index (χ0n) is 28.5. The number of rotatable bonds is 6. The molecule has 1 heterocycles. The van der Waals surface area contributed by atoms with Crippen molar-refractivity contribution in [3.8, 4) is 27.9 Å². The third-order valence-electron chi connectivity index (χ3n) is 10.3. The van der Waals surface area contributed by atoms with Crippen LogP contribution in [0.25, 0.3) is 71.3 Å². The second kappa shape index (κ2) is 12.5. The predicted molar refractivity (Wildman–Crippen MR) is 221 cm³/mol. The van der Waals surface area contributed by atoms with E-state index >= 15 is 0 Å². The number of nitrogens with zero attached hydrogens (tertiary/aromatic N) is 2. The molecule has 10 rings (SSSR count). The van der Waals surface area contributed by atoms with Gasteiger partial charge in [0.25, 0.3) is 0 Å². The van der Waals surface area contributed by atoms with Gasteiger partial charge in [0.1, 0.15) is 0 Å². The van der Waals surface area contributed by atoms with E-state index in [-0.39, 0.29) is 0 Å². The highest BCUT2D eigenvalue weighted by Crippen LogP contribution is 2.40. The maximum atomic E-state index is 2.40. The molecule has 0 atom stereocenters. The second-order valence-electron chi connectivity index (χ2n) is 13.4. The zero-order chi connectivity index (χ0) is 34.4. The maximum Gasteiger partial charge on any atom is 0.0547 e. The Kier molecular flexibility index (Phi) is 7.18. The summed E-state index contributed by atoms with van der Waals surface area (Å²) in [6.45, 7) is 0. The van der Waals surface area contributed by atoms with Gasteiger partial charge in [-0.2, -0.15) is 0 Å². The highest BCUT2D eigenvalue weighted by molar-refractivity contribution is 6.21. The van der Waals surface area contributed by atoms with Gasteiger partial charge in [-0.3, -0.25) is 0 Å². The van der Waals surface area contributed by atoms with Gasteiger partial charge < -0.3 is 9.47 Å². The van der Waals surface area contributed by atoms with E-state index < -0.39 is 0 Å². The van der Waals surface area contributed by atoms with Crippen LogP contribution in [0.15, 0.2) is 206 Å². The molecule has 0 saturated carbocycles. The summed E-state index contributed by atoms with van der Waals surface area (Å²) in [6.07, 6.45) is 0. The molecular weight excluding hydrogens is 629 g/mol. The molecular formula is C50H34N2. The molecule has 0 saturated heterocycles. The molecule has 9 aromatic carbocycles. The molecule has 0 bridgehead atoms. The Hall–Kier alpha value is -6.90. The van der Waals surface area contributed by atoms with Crippen LogP contribution in [0.3, 0.4) is 0 Å². The van der Waals surface area contributed by atoms with Crippen LogP contribution in [0.1, 0.15) is 0 Å². The molecule has 0 aliphatic rings. The molecule has 10 aromatic rings. The molecule has 0 aliphatic carbocycles. The third-order valence-corrected chi connectivity index (χ3v) is 10.3. The van der Waals surface area contributed by atoms with Gasteiger partial charge >= 0.3 is 0 Å². The maximum absolute atomic E-state index is 2.40. The summed E-state index contributed by atoms with van der Waals surface area (Å²) in [4.78, 5) is 2.36. The summed E-state index contributed by atoms with van der Waals surface area (Å²) in [6, 6.07) is 74.6. The van der Waals surface area contributed by atoms with E-state index in [1.54, 1.807) is 0 Å². The molecule has 1 aromatic heterocycles. The number of hydrogen-bond donors (Lipinski definition) is 0. The van der Waals surface area contributed by atoms with E-state index in [4.69, 9.17) is 0 Å². The predicted octanol–water partition coefficient (Wildman–Crippen LogP) is 13.9. The molecule has 0 fully saturated rings. The molecule has 0 spiro atoms. The zero-order valence-corrected chi connectivity index (χ0v) is 28.5. The van der Waals surface area contributed by atoms with Gasteiger partial charge in [0.15, 0.2) is 0 Å². The van der Waals surface area contributed by atoms with Crippen molar-refractivity contribution in [1.29, 1.82) is 0 Å². The number of fused-ring (bicyclic) bond motifs is 6. The van der Waals surface area contributed by atoms with Crippen molar-refractivity contribution in [2.75, 3.05) is 4.90 Å². The van der Waals surface area contributed by atoms with Crippen LogP contribution in [0.2, 0.25) is 0 Å². The van der Waals surface area contributed by atoms with Crippen LogP contribution in [0.4, 0.5) is 17.1 Å². The molecule has 0 aliphatic heterocycles. The van der Waals surface area contributed by atoms with Crippen LogP contribution < -0.4 is 4.90 Å². The Bertz CT molecular complexity index is 2880. The average molecular weight is 663 g/mol. The molecule has 2 nitrogen and oxygen atoms in total. The van der Waals surface area contributed by atoms with E-state index in [0.717, 1.165) is 22.7 Å². The molecule has 244 valence electrons. The van der Waals surface area contributed by atoms with E-state index in [0.29, 0.717) is 0 Å². The average Bonchev–Trinajstić information content (AvgIpc) is 3.57. The monoisotopic (exact) mass is 662 g/mol. The van der Waals surface area contributed by atoms with Crippen molar-refractivity contribution in [2.24, 2.45) is 0 Å². The van der Waals surface area contributed by atoms with Gasteiger partial charge in [-0.25, -0.2) is 0 Å². The Morgan fingerprint density at radius 2 is 0.885 bits per heavy atom. The lowest BCUT2D eigenvalue weighted by Gasteiger charge is -2.26. The minimum absolute atomic E-state index is 1.11. The van der Waals surface area contributed by atoms with Gasteiger partial charge in [0.2, 0.25) is 0 Å². The topological polar surface area (TPSA) is 8.17 Å². The van der Waals surface area contributed by atoms with Gasteiger partial charge in [-0.05, 0) is 104 Å². The third kappa shape index (κ3) is 5.12. The Morgan fingerprint density at radius 1 is 0.308 bits per heavy atom.